The van der Waals surface area contributed by atoms with E-state index in [2.05, 4.69) is 0 Å². The molecule has 0 aromatic rings. The van der Waals surface area contributed by atoms with Crippen LogP contribution in [-0.2, 0) is 0 Å². The van der Waals surface area contributed by atoms with Crippen molar-refractivity contribution in [1.82, 2.24) is 0 Å². The van der Waals surface area contributed by atoms with Gasteiger partial charge in [-0.2, -0.15) is 0 Å². The second-order valence-corrected chi connectivity index (χ2v) is 3.31. The molecule has 0 amide bonds. The largest absolute Gasteiger partial charge is 0.516 e. The van der Waals surface area contributed by atoms with Gasteiger partial charge in [0, 0.05) is 19.1 Å². The molecule has 1 unspecified atom stereocenters. The summed E-state index contributed by atoms with van der Waals surface area (Å²) in [5.41, 5.74) is 0. The lowest BCUT2D eigenvalue weighted by molar-refractivity contribution is 0.252. The first-order valence-corrected chi connectivity index (χ1v) is 5.17. The van der Waals surface area contributed by atoms with Gasteiger partial charge < -0.3 is 20.4 Å². The molecule has 4 N–H and O–H groups in total. The van der Waals surface area contributed by atoms with E-state index in [1.54, 1.807) is 6.08 Å². The molecule has 0 aliphatic carbocycles. The Balaban J connectivity index is 4.03. The van der Waals surface area contributed by atoms with Crippen LogP contribution in [0, 0.1) is 5.92 Å². The first-order valence-electron chi connectivity index (χ1n) is 5.17. The molecule has 0 aliphatic heterocycles. The van der Waals surface area contributed by atoms with Gasteiger partial charge in [-0.05, 0) is 37.8 Å². The zero-order valence-electron chi connectivity index (χ0n) is 8.84. The Morgan fingerprint density at radius 2 is 1.87 bits per heavy atom. The van der Waals surface area contributed by atoms with E-state index >= 15 is 0 Å². The van der Waals surface area contributed by atoms with Crippen molar-refractivity contribution in [3.63, 3.8) is 0 Å². The summed E-state index contributed by atoms with van der Waals surface area (Å²) in [6, 6.07) is 0. The zero-order valence-corrected chi connectivity index (χ0v) is 8.84. The van der Waals surface area contributed by atoms with E-state index in [1.165, 1.54) is 6.08 Å². The van der Waals surface area contributed by atoms with Crippen LogP contribution in [0.5, 0.6) is 0 Å². The Labute approximate surface area is 90.2 Å². The van der Waals surface area contributed by atoms with Crippen LogP contribution in [-0.4, -0.2) is 33.6 Å². The van der Waals surface area contributed by atoms with E-state index in [4.69, 9.17) is 15.3 Å². The average molecular weight is 216 g/mol. The van der Waals surface area contributed by atoms with Crippen molar-refractivity contribution in [3.05, 3.63) is 24.2 Å². The van der Waals surface area contributed by atoms with Crippen molar-refractivity contribution in [1.29, 1.82) is 0 Å². The van der Waals surface area contributed by atoms with Crippen LogP contribution < -0.4 is 0 Å². The molecular formula is C11H20O4. The number of aliphatic hydroxyl groups excluding tert-OH is 4. The highest BCUT2D eigenvalue weighted by Gasteiger charge is 2.08. The van der Waals surface area contributed by atoms with Crippen molar-refractivity contribution >= 4 is 0 Å². The average Bonchev–Trinajstić information content (AvgIpc) is 2.24. The summed E-state index contributed by atoms with van der Waals surface area (Å²) in [6.07, 6.45) is 6.58. The summed E-state index contributed by atoms with van der Waals surface area (Å²) in [5, 5.41) is 35.5. The predicted octanol–water partition coefficient (Wildman–Crippen LogP) is 1.66. The van der Waals surface area contributed by atoms with Gasteiger partial charge in [0.1, 0.15) is 0 Å². The molecule has 0 saturated heterocycles. The van der Waals surface area contributed by atoms with Crippen molar-refractivity contribution in [2.75, 3.05) is 13.2 Å². The third-order valence-electron chi connectivity index (χ3n) is 2.10. The first-order chi connectivity index (χ1) is 7.26. The van der Waals surface area contributed by atoms with Crippen molar-refractivity contribution in [2.45, 2.75) is 25.7 Å². The van der Waals surface area contributed by atoms with Gasteiger partial charge in [0.05, 0.1) is 12.0 Å². The fraction of sp³-hybridized carbons (Fsp3) is 0.636. The van der Waals surface area contributed by atoms with Crippen molar-refractivity contribution in [3.8, 4) is 0 Å². The summed E-state index contributed by atoms with van der Waals surface area (Å²) in [5.74, 6) is -0.165. The summed E-state index contributed by atoms with van der Waals surface area (Å²) >= 11 is 0. The maximum absolute atomic E-state index is 9.60. The molecular weight excluding hydrogens is 196 g/mol. The maximum Gasteiger partial charge on any atom is 0.0953 e. The SMILES string of the molecule is OC=CC(CCO)C(O)=CCCCCO. The molecule has 0 aromatic carbocycles. The smallest absolute Gasteiger partial charge is 0.0953 e. The molecule has 4 nitrogen and oxygen atoms in total. The molecule has 0 heterocycles. The quantitative estimate of drug-likeness (QED) is 0.367. The van der Waals surface area contributed by atoms with Gasteiger partial charge >= 0.3 is 0 Å². The van der Waals surface area contributed by atoms with E-state index in [0.29, 0.717) is 19.3 Å². The highest BCUT2D eigenvalue weighted by Crippen LogP contribution is 2.15. The van der Waals surface area contributed by atoms with Crippen LogP contribution in [0.3, 0.4) is 0 Å². The lowest BCUT2D eigenvalue weighted by Gasteiger charge is -2.09. The van der Waals surface area contributed by atoms with Gasteiger partial charge in [-0.3, -0.25) is 0 Å². The summed E-state index contributed by atoms with van der Waals surface area (Å²) in [7, 11) is 0. The molecule has 0 saturated carbocycles. The van der Waals surface area contributed by atoms with Crippen LogP contribution in [0.4, 0.5) is 0 Å². The zero-order chi connectivity index (χ0) is 11.5. The highest BCUT2D eigenvalue weighted by molar-refractivity contribution is 5.04. The molecule has 0 bridgehead atoms. The molecule has 0 radical (unpaired) electrons. The van der Waals surface area contributed by atoms with Crippen molar-refractivity contribution in [2.24, 2.45) is 5.92 Å². The molecule has 0 fully saturated rings. The number of hydrogen-bond acceptors (Lipinski definition) is 4. The summed E-state index contributed by atoms with van der Waals surface area (Å²) in [6.45, 7) is 0.120. The minimum Gasteiger partial charge on any atom is -0.516 e. The predicted molar refractivity (Wildman–Crippen MR) is 58.6 cm³/mol. The Hall–Kier alpha value is -1.00. The van der Waals surface area contributed by atoms with E-state index < -0.39 is 0 Å². The van der Waals surface area contributed by atoms with Crippen molar-refractivity contribution < 1.29 is 20.4 Å². The number of allylic oxidation sites excluding steroid dienone is 2. The molecule has 0 aromatic heterocycles. The number of rotatable bonds is 8. The third kappa shape index (κ3) is 6.99. The highest BCUT2D eigenvalue weighted by atomic mass is 16.3. The van der Waals surface area contributed by atoms with Gasteiger partial charge in [-0.25, -0.2) is 0 Å². The second-order valence-electron chi connectivity index (χ2n) is 3.31. The van der Waals surface area contributed by atoms with Gasteiger partial charge in [0.15, 0.2) is 0 Å². The number of aliphatic hydroxyl groups is 4. The third-order valence-corrected chi connectivity index (χ3v) is 2.10. The molecule has 4 heteroatoms. The summed E-state index contributed by atoms with van der Waals surface area (Å²) < 4.78 is 0. The lowest BCUT2D eigenvalue weighted by Crippen LogP contribution is -2.03. The molecule has 88 valence electrons. The fourth-order valence-electron chi connectivity index (χ4n) is 1.24. The Bertz CT molecular complexity index is 199. The van der Waals surface area contributed by atoms with Crippen LogP contribution in [0.2, 0.25) is 0 Å². The summed E-state index contributed by atoms with van der Waals surface area (Å²) in [4.78, 5) is 0. The Morgan fingerprint density at radius 1 is 1.13 bits per heavy atom. The van der Waals surface area contributed by atoms with Gasteiger partial charge in [0.2, 0.25) is 0 Å². The molecule has 0 spiro atoms. The van der Waals surface area contributed by atoms with Crippen LogP contribution in [0.25, 0.3) is 0 Å². The first kappa shape index (κ1) is 14.0. The minimum absolute atomic E-state index is 0.0381. The normalized spacial score (nSPS) is 14.7. The molecule has 0 rings (SSSR count). The standard InChI is InChI=1S/C11H20O4/c12-7-3-1-2-4-11(15)10(5-8-13)6-9-14/h4-5,8,10,12-15H,1-3,6-7,9H2. The number of unbranched alkanes of at least 4 members (excludes halogenated alkanes) is 2. The Kier molecular flexibility index (Phi) is 8.91. The fourth-order valence-corrected chi connectivity index (χ4v) is 1.24. The molecule has 1 atom stereocenters. The van der Waals surface area contributed by atoms with Crippen LogP contribution >= 0.6 is 0 Å². The van der Waals surface area contributed by atoms with Crippen LogP contribution in [0.15, 0.2) is 24.2 Å². The minimum atomic E-state index is -0.325. The van der Waals surface area contributed by atoms with E-state index in [-0.39, 0.29) is 24.9 Å². The lowest BCUT2D eigenvalue weighted by atomic mass is 10.0. The van der Waals surface area contributed by atoms with Gasteiger partial charge in [-0.15, -0.1) is 0 Å². The van der Waals surface area contributed by atoms with Crippen LogP contribution in [0.1, 0.15) is 25.7 Å². The maximum atomic E-state index is 9.60. The molecule has 0 aliphatic rings. The number of hydrogen-bond donors (Lipinski definition) is 4. The topological polar surface area (TPSA) is 80.9 Å². The van der Waals surface area contributed by atoms with E-state index in [1.807, 2.05) is 0 Å². The van der Waals surface area contributed by atoms with E-state index in [9.17, 15) is 5.11 Å². The molecule has 15 heavy (non-hydrogen) atoms. The van der Waals surface area contributed by atoms with Gasteiger partial charge in [-0.1, -0.05) is 0 Å². The second kappa shape index (κ2) is 9.55. The monoisotopic (exact) mass is 216 g/mol. The Morgan fingerprint density at radius 3 is 2.40 bits per heavy atom. The van der Waals surface area contributed by atoms with E-state index in [0.717, 1.165) is 12.7 Å². The van der Waals surface area contributed by atoms with Gasteiger partial charge in [0.25, 0.3) is 0 Å².